The van der Waals surface area contributed by atoms with Crippen LogP contribution in [0.15, 0.2) is 42.5 Å². The lowest BCUT2D eigenvalue weighted by atomic mass is 10.2. The van der Waals surface area contributed by atoms with E-state index in [1.807, 2.05) is 43.5 Å². The van der Waals surface area contributed by atoms with Crippen molar-refractivity contribution in [2.75, 3.05) is 19.0 Å². The van der Waals surface area contributed by atoms with E-state index in [9.17, 15) is 0 Å². The van der Waals surface area contributed by atoms with E-state index >= 15 is 0 Å². The zero-order valence-electron chi connectivity index (χ0n) is 12.7. The molecule has 0 radical (unpaired) electrons. The Morgan fingerprint density at radius 2 is 1.95 bits per heavy atom. The van der Waals surface area contributed by atoms with Crippen molar-refractivity contribution in [2.45, 2.75) is 19.8 Å². The topological polar surface area (TPSA) is 47.0 Å². The number of benzene rings is 1. The molecule has 2 rings (SSSR count). The molecule has 0 saturated carbocycles. The van der Waals surface area contributed by atoms with Crippen LogP contribution in [-0.4, -0.2) is 23.6 Å². The van der Waals surface area contributed by atoms with Gasteiger partial charge in [0.25, 0.3) is 0 Å². The second-order valence-corrected chi connectivity index (χ2v) is 4.98. The maximum Gasteiger partial charge on any atom is 0.219 e. The fraction of sp³-hybridized carbons (Fsp3) is 0.294. The predicted molar refractivity (Wildman–Crippen MR) is 86.6 cm³/mol. The van der Waals surface area contributed by atoms with Gasteiger partial charge in [-0.05, 0) is 11.6 Å². The third-order valence-corrected chi connectivity index (χ3v) is 2.93. The zero-order valence-corrected chi connectivity index (χ0v) is 12.7. The fourth-order valence-electron chi connectivity index (χ4n) is 1.78. The maximum absolute atomic E-state index is 5.68. The molecular weight excluding hydrogens is 262 g/mol. The van der Waals surface area contributed by atoms with Gasteiger partial charge in [0, 0.05) is 19.0 Å². The molecule has 0 saturated heterocycles. The van der Waals surface area contributed by atoms with Gasteiger partial charge in [0.05, 0.1) is 0 Å². The molecule has 1 aromatic carbocycles. The van der Waals surface area contributed by atoms with Crippen molar-refractivity contribution in [3.8, 4) is 5.88 Å². The molecule has 110 valence electrons. The lowest BCUT2D eigenvalue weighted by molar-refractivity contribution is 0.346. The standard InChI is InChI=1S/C17H21N3O/c1-13(2)17-19-15(18-3)12-16(20-17)21-11-7-10-14-8-5-4-6-9-14/h4-10,12-13H,11H2,1-3H3,(H,18,19,20)/b10-7+. The molecule has 4 nitrogen and oxygen atoms in total. The summed E-state index contributed by atoms with van der Waals surface area (Å²) in [5.41, 5.74) is 1.16. The van der Waals surface area contributed by atoms with Gasteiger partial charge in [0.1, 0.15) is 18.2 Å². The Morgan fingerprint density at radius 3 is 2.62 bits per heavy atom. The molecule has 0 fully saturated rings. The van der Waals surface area contributed by atoms with Gasteiger partial charge in [-0.15, -0.1) is 0 Å². The zero-order chi connectivity index (χ0) is 15.1. The van der Waals surface area contributed by atoms with Crippen LogP contribution in [0.5, 0.6) is 5.88 Å². The Bertz CT molecular complexity index is 594. The monoisotopic (exact) mass is 283 g/mol. The molecule has 21 heavy (non-hydrogen) atoms. The van der Waals surface area contributed by atoms with Crippen molar-refractivity contribution in [3.05, 3.63) is 53.9 Å². The molecule has 0 spiro atoms. The van der Waals surface area contributed by atoms with Crippen molar-refractivity contribution in [2.24, 2.45) is 0 Å². The predicted octanol–water partition coefficient (Wildman–Crippen LogP) is 3.73. The van der Waals surface area contributed by atoms with Gasteiger partial charge in [0.2, 0.25) is 5.88 Å². The van der Waals surface area contributed by atoms with Crippen LogP contribution >= 0.6 is 0 Å². The number of rotatable bonds is 6. The van der Waals surface area contributed by atoms with Crippen LogP contribution < -0.4 is 10.1 Å². The molecule has 0 unspecified atom stereocenters. The Balaban J connectivity index is 1.99. The third-order valence-electron chi connectivity index (χ3n) is 2.93. The lowest BCUT2D eigenvalue weighted by Gasteiger charge is -2.09. The Labute approximate surface area is 125 Å². The SMILES string of the molecule is CNc1cc(OC/C=C/c2ccccc2)nc(C(C)C)n1. The van der Waals surface area contributed by atoms with E-state index in [2.05, 4.69) is 41.3 Å². The molecule has 0 atom stereocenters. The molecule has 0 amide bonds. The first-order valence-electron chi connectivity index (χ1n) is 7.10. The summed E-state index contributed by atoms with van der Waals surface area (Å²) in [5.74, 6) is 2.41. The van der Waals surface area contributed by atoms with E-state index in [4.69, 9.17) is 4.74 Å². The summed E-state index contributed by atoms with van der Waals surface area (Å²) in [6.07, 6.45) is 4.01. The highest BCUT2D eigenvalue weighted by Gasteiger charge is 2.07. The number of nitrogens with zero attached hydrogens (tertiary/aromatic N) is 2. The highest BCUT2D eigenvalue weighted by atomic mass is 16.5. The van der Waals surface area contributed by atoms with Crippen LogP contribution in [0, 0.1) is 0 Å². The molecular formula is C17H21N3O. The summed E-state index contributed by atoms with van der Waals surface area (Å²) >= 11 is 0. The molecule has 0 aliphatic carbocycles. The first-order chi connectivity index (χ1) is 10.2. The van der Waals surface area contributed by atoms with Crippen molar-refractivity contribution >= 4 is 11.9 Å². The van der Waals surface area contributed by atoms with Gasteiger partial charge in [-0.2, -0.15) is 4.98 Å². The quantitative estimate of drug-likeness (QED) is 0.877. The van der Waals surface area contributed by atoms with Crippen LogP contribution in [0.2, 0.25) is 0 Å². The molecule has 2 aromatic rings. The normalized spacial score (nSPS) is 11.0. The van der Waals surface area contributed by atoms with Crippen LogP contribution in [0.3, 0.4) is 0 Å². The van der Waals surface area contributed by atoms with Gasteiger partial charge in [-0.25, -0.2) is 4.98 Å². The smallest absolute Gasteiger partial charge is 0.219 e. The average Bonchev–Trinajstić information content (AvgIpc) is 2.52. The van der Waals surface area contributed by atoms with Crippen LogP contribution in [0.1, 0.15) is 31.2 Å². The number of hydrogen-bond donors (Lipinski definition) is 1. The van der Waals surface area contributed by atoms with E-state index < -0.39 is 0 Å². The van der Waals surface area contributed by atoms with E-state index in [1.54, 1.807) is 0 Å². The van der Waals surface area contributed by atoms with Gasteiger partial charge in [0.15, 0.2) is 0 Å². The summed E-state index contributed by atoms with van der Waals surface area (Å²) < 4.78 is 5.68. The van der Waals surface area contributed by atoms with Crippen molar-refractivity contribution < 1.29 is 4.74 Å². The number of hydrogen-bond acceptors (Lipinski definition) is 4. The molecule has 1 N–H and O–H groups in total. The van der Waals surface area contributed by atoms with Crippen molar-refractivity contribution in [1.82, 2.24) is 9.97 Å². The lowest BCUT2D eigenvalue weighted by Crippen LogP contribution is -2.05. The minimum absolute atomic E-state index is 0.264. The van der Waals surface area contributed by atoms with Gasteiger partial charge in [-0.3, -0.25) is 0 Å². The number of anilines is 1. The summed E-state index contributed by atoms with van der Waals surface area (Å²) in [5, 5.41) is 3.03. The van der Waals surface area contributed by atoms with E-state index in [0.29, 0.717) is 12.5 Å². The molecule has 0 bridgehead atoms. The Morgan fingerprint density at radius 1 is 1.19 bits per heavy atom. The van der Waals surface area contributed by atoms with Crippen molar-refractivity contribution in [3.63, 3.8) is 0 Å². The van der Waals surface area contributed by atoms with Gasteiger partial charge in [-0.1, -0.05) is 50.3 Å². The summed E-state index contributed by atoms with van der Waals surface area (Å²) in [6.45, 7) is 4.61. The average molecular weight is 283 g/mol. The van der Waals surface area contributed by atoms with E-state index in [0.717, 1.165) is 17.2 Å². The second-order valence-electron chi connectivity index (χ2n) is 4.98. The van der Waals surface area contributed by atoms with Crippen molar-refractivity contribution in [1.29, 1.82) is 0 Å². The van der Waals surface area contributed by atoms with Gasteiger partial charge >= 0.3 is 0 Å². The van der Waals surface area contributed by atoms with E-state index in [1.165, 1.54) is 0 Å². The third kappa shape index (κ3) is 4.60. The molecule has 0 aliphatic rings. The highest BCUT2D eigenvalue weighted by Crippen LogP contribution is 2.18. The van der Waals surface area contributed by atoms with Crippen LogP contribution in [0.25, 0.3) is 6.08 Å². The summed E-state index contributed by atoms with van der Waals surface area (Å²) in [4.78, 5) is 8.83. The molecule has 0 aliphatic heterocycles. The highest BCUT2D eigenvalue weighted by molar-refractivity contribution is 5.48. The Kier molecular flexibility index (Phi) is 5.32. The largest absolute Gasteiger partial charge is 0.473 e. The maximum atomic E-state index is 5.68. The molecule has 1 heterocycles. The summed E-state index contributed by atoms with van der Waals surface area (Å²) in [6, 6.07) is 11.9. The molecule has 1 aromatic heterocycles. The second kappa shape index (κ2) is 7.43. The summed E-state index contributed by atoms with van der Waals surface area (Å²) in [7, 11) is 1.84. The first kappa shape index (κ1) is 15.0. The molecule has 4 heteroatoms. The number of nitrogens with one attached hydrogen (secondary N) is 1. The fourth-order valence-corrected chi connectivity index (χ4v) is 1.78. The van der Waals surface area contributed by atoms with Gasteiger partial charge < -0.3 is 10.1 Å². The van der Waals surface area contributed by atoms with Crippen LogP contribution in [-0.2, 0) is 0 Å². The van der Waals surface area contributed by atoms with Crippen LogP contribution in [0.4, 0.5) is 5.82 Å². The minimum atomic E-state index is 0.264. The Hall–Kier alpha value is -2.36. The first-order valence-corrected chi connectivity index (χ1v) is 7.10. The number of aromatic nitrogens is 2. The van der Waals surface area contributed by atoms with E-state index in [-0.39, 0.29) is 5.92 Å². The minimum Gasteiger partial charge on any atom is -0.473 e. The number of ether oxygens (including phenoxy) is 1.